The van der Waals surface area contributed by atoms with E-state index in [1.165, 1.54) is 0 Å². The highest BCUT2D eigenvalue weighted by Crippen LogP contribution is 2.55. The molecule has 0 aromatic carbocycles. The number of anilines is 1. The van der Waals surface area contributed by atoms with Crippen molar-refractivity contribution >= 4 is 11.9 Å². The number of ether oxygens (including phenoxy) is 1. The molecule has 4 aliphatic carbocycles. The van der Waals surface area contributed by atoms with E-state index in [-0.39, 0.29) is 18.1 Å². The molecular weight excluding hydrogens is 418 g/mol. The summed E-state index contributed by atoms with van der Waals surface area (Å²) in [4.78, 5) is 25.3. The van der Waals surface area contributed by atoms with Crippen LogP contribution in [0.15, 0.2) is 6.20 Å². The van der Waals surface area contributed by atoms with Crippen molar-refractivity contribution in [2.24, 2.45) is 17.8 Å². The number of aliphatic hydroxyl groups is 1. The lowest BCUT2D eigenvalue weighted by molar-refractivity contribution is -0.136. The number of aromatic nitrogens is 2. The zero-order chi connectivity index (χ0) is 22.7. The van der Waals surface area contributed by atoms with Crippen LogP contribution in [0.3, 0.4) is 0 Å². The van der Waals surface area contributed by atoms with Crippen LogP contribution < -0.4 is 15.5 Å². The zero-order valence-electron chi connectivity index (χ0n) is 19.8. The molecule has 6 fully saturated rings. The second-order valence-corrected chi connectivity index (χ2v) is 11.5. The van der Waals surface area contributed by atoms with Gasteiger partial charge in [0.05, 0.1) is 16.9 Å². The number of piperazine rings is 1. The van der Waals surface area contributed by atoms with Gasteiger partial charge in [0.1, 0.15) is 6.10 Å². The maximum absolute atomic E-state index is 13.6. The first kappa shape index (κ1) is 21.7. The Hall–Kier alpha value is -1.77. The fourth-order valence-electron chi connectivity index (χ4n) is 7.69. The predicted molar refractivity (Wildman–Crippen MR) is 124 cm³/mol. The molecule has 2 unspecified atom stereocenters. The van der Waals surface area contributed by atoms with Crippen LogP contribution in [-0.4, -0.2) is 64.4 Å². The fourth-order valence-corrected chi connectivity index (χ4v) is 7.69. The Morgan fingerprint density at radius 2 is 1.94 bits per heavy atom. The van der Waals surface area contributed by atoms with Crippen molar-refractivity contribution < 1.29 is 14.6 Å². The Morgan fingerprint density at radius 3 is 2.58 bits per heavy atom. The summed E-state index contributed by atoms with van der Waals surface area (Å²) in [6, 6.07) is 0.859. The Kier molecular flexibility index (Phi) is 5.38. The molecule has 2 aliphatic heterocycles. The molecule has 33 heavy (non-hydrogen) atoms. The molecule has 8 heteroatoms. The van der Waals surface area contributed by atoms with Crippen molar-refractivity contribution in [2.75, 3.05) is 24.6 Å². The minimum atomic E-state index is -0.497. The number of carbonyl (C=O) groups is 1. The molecule has 4 bridgehead atoms. The minimum absolute atomic E-state index is 0.0847. The molecule has 3 heterocycles. The summed E-state index contributed by atoms with van der Waals surface area (Å²) < 4.78 is 5.98. The van der Waals surface area contributed by atoms with Gasteiger partial charge in [-0.2, -0.15) is 0 Å². The largest absolute Gasteiger partial charge is 0.390 e. The van der Waals surface area contributed by atoms with Gasteiger partial charge in [0.2, 0.25) is 5.95 Å². The molecule has 8 nitrogen and oxygen atoms in total. The molecule has 6 aliphatic rings. The van der Waals surface area contributed by atoms with Crippen molar-refractivity contribution in [1.82, 2.24) is 20.6 Å². The Bertz CT molecular complexity index is 893. The van der Waals surface area contributed by atoms with Crippen LogP contribution in [-0.2, 0) is 4.74 Å². The summed E-state index contributed by atoms with van der Waals surface area (Å²) >= 11 is 0. The minimum Gasteiger partial charge on any atom is -0.390 e. The monoisotopic (exact) mass is 455 g/mol. The van der Waals surface area contributed by atoms with Gasteiger partial charge >= 0.3 is 0 Å². The van der Waals surface area contributed by atoms with Crippen molar-refractivity contribution in [3.63, 3.8) is 0 Å². The molecular formula is C25H37N5O3. The summed E-state index contributed by atoms with van der Waals surface area (Å²) in [5.41, 5.74) is 0.786. The lowest BCUT2D eigenvalue weighted by Gasteiger charge is -2.58. The number of rotatable bonds is 4. The normalized spacial score (nSPS) is 42.0. The molecule has 7 rings (SSSR count). The molecule has 1 aromatic heterocycles. The zero-order valence-corrected chi connectivity index (χ0v) is 19.8. The molecule has 1 aromatic rings. The van der Waals surface area contributed by atoms with Crippen LogP contribution >= 0.6 is 0 Å². The van der Waals surface area contributed by atoms with E-state index >= 15 is 0 Å². The summed E-state index contributed by atoms with van der Waals surface area (Å²) in [5, 5.41) is 17.8. The second-order valence-electron chi connectivity index (χ2n) is 11.5. The SMILES string of the molecule is C[C@@H]1CN(c2ncc(C(=O)NC3C4CC5CC3CC(O)(C5)C4)c([C@H]3CCCO3)n2)C[C@H](C)N1. The predicted octanol–water partition coefficient (Wildman–Crippen LogP) is 2.18. The van der Waals surface area contributed by atoms with Crippen LogP contribution in [0.2, 0.25) is 0 Å². The summed E-state index contributed by atoms with van der Waals surface area (Å²) in [6.45, 7) is 6.74. The number of amides is 1. The number of nitrogens with zero attached hydrogens (tertiary/aromatic N) is 3. The molecule has 5 atom stereocenters. The summed E-state index contributed by atoms with van der Waals surface area (Å²) in [6.07, 6.45) is 8.27. The van der Waals surface area contributed by atoms with Crippen molar-refractivity contribution in [1.29, 1.82) is 0 Å². The first-order chi connectivity index (χ1) is 15.9. The average molecular weight is 456 g/mol. The van der Waals surface area contributed by atoms with Gasteiger partial charge in [0.25, 0.3) is 5.91 Å². The Labute approximate surface area is 195 Å². The number of hydrogen-bond acceptors (Lipinski definition) is 7. The summed E-state index contributed by atoms with van der Waals surface area (Å²) in [5.74, 6) is 1.97. The lowest BCUT2D eigenvalue weighted by atomic mass is 9.52. The maximum Gasteiger partial charge on any atom is 0.255 e. The third kappa shape index (κ3) is 4.04. The molecule has 180 valence electrons. The lowest BCUT2D eigenvalue weighted by Crippen LogP contribution is -2.61. The van der Waals surface area contributed by atoms with Gasteiger partial charge in [-0.15, -0.1) is 0 Å². The number of hydrogen-bond donors (Lipinski definition) is 3. The maximum atomic E-state index is 13.6. The van der Waals surface area contributed by atoms with E-state index in [9.17, 15) is 9.90 Å². The van der Waals surface area contributed by atoms with Gasteiger partial charge in [-0.05, 0) is 76.5 Å². The average Bonchev–Trinajstić information content (AvgIpc) is 3.29. The molecule has 1 amide bonds. The molecule has 2 saturated heterocycles. The highest BCUT2D eigenvalue weighted by Gasteiger charge is 2.55. The van der Waals surface area contributed by atoms with E-state index in [1.54, 1.807) is 6.20 Å². The standard InChI is InChI=1S/C25H37N5O3/c1-14-12-30(13-15(2)27-14)24-26-11-19(22(29-24)20-4-3-5-33-20)23(31)28-21-17-6-16-7-18(21)10-25(32,8-16)9-17/h11,14-18,20-21,27,32H,3-10,12-13H2,1-2H3,(H,28,31)/t14-,15+,16?,17?,18?,20-,21?,25?/m1/s1. The number of carbonyl (C=O) groups excluding carboxylic acids is 1. The molecule has 3 N–H and O–H groups in total. The van der Waals surface area contributed by atoms with E-state index in [2.05, 4.69) is 34.4 Å². The van der Waals surface area contributed by atoms with Gasteiger partial charge in [-0.1, -0.05) is 0 Å². The van der Waals surface area contributed by atoms with E-state index in [1.807, 2.05) is 0 Å². The third-order valence-corrected chi connectivity index (χ3v) is 8.66. The van der Waals surface area contributed by atoms with E-state index in [0.29, 0.717) is 48.0 Å². The van der Waals surface area contributed by atoms with Crippen molar-refractivity contribution in [3.8, 4) is 0 Å². The van der Waals surface area contributed by atoms with E-state index < -0.39 is 5.60 Å². The first-order valence-electron chi connectivity index (χ1n) is 12.9. The van der Waals surface area contributed by atoms with Crippen LogP contribution in [0.5, 0.6) is 0 Å². The summed E-state index contributed by atoms with van der Waals surface area (Å²) in [7, 11) is 0. The second kappa shape index (κ2) is 8.17. The molecule has 0 radical (unpaired) electrons. The van der Waals surface area contributed by atoms with E-state index in [0.717, 1.165) is 63.7 Å². The topological polar surface area (TPSA) is 99.6 Å². The van der Waals surface area contributed by atoms with Crippen molar-refractivity contribution in [3.05, 3.63) is 17.5 Å². The van der Waals surface area contributed by atoms with Crippen LogP contribution in [0.25, 0.3) is 0 Å². The Morgan fingerprint density at radius 1 is 1.21 bits per heavy atom. The molecule has 0 spiro atoms. The molecule has 4 saturated carbocycles. The van der Waals surface area contributed by atoms with Gasteiger partial charge in [0, 0.05) is 44.0 Å². The number of nitrogens with one attached hydrogen (secondary N) is 2. The quantitative estimate of drug-likeness (QED) is 0.640. The fraction of sp³-hybridized carbons (Fsp3) is 0.800. The van der Waals surface area contributed by atoms with E-state index in [4.69, 9.17) is 9.72 Å². The van der Waals surface area contributed by atoms with Crippen molar-refractivity contribution in [2.45, 2.75) is 88.6 Å². The van der Waals surface area contributed by atoms with Crippen LogP contribution in [0, 0.1) is 17.8 Å². The smallest absolute Gasteiger partial charge is 0.255 e. The highest BCUT2D eigenvalue weighted by molar-refractivity contribution is 5.95. The van der Waals surface area contributed by atoms with Gasteiger partial charge in [-0.25, -0.2) is 9.97 Å². The van der Waals surface area contributed by atoms with Crippen LogP contribution in [0.4, 0.5) is 5.95 Å². The van der Waals surface area contributed by atoms with Crippen LogP contribution in [0.1, 0.15) is 80.9 Å². The highest BCUT2D eigenvalue weighted by atomic mass is 16.5. The first-order valence-corrected chi connectivity index (χ1v) is 12.9. The van der Waals surface area contributed by atoms with Gasteiger partial charge in [-0.3, -0.25) is 4.79 Å². The Balaban J connectivity index is 1.25. The van der Waals surface area contributed by atoms with Gasteiger partial charge in [0.15, 0.2) is 0 Å². The third-order valence-electron chi connectivity index (χ3n) is 8.66. The van der Waals surface area contributed by atoms with Gasteiger partial charge < -0.3 is 25.4 Å².